The monoisotopic (exact) mass is 712 g/mol. The Kier molecular flexibility index (Phi) is 14.2. The second kappa shape index (κ2) is 19.6. The fraction of sp³-hybridized carbons (Fsp3) is 0.163. The van der Waals surface area contributed by atoms with E-state index < -0.39 is 0 Å². The van der Waals surface area contributed by atoms with E-state index in [2.05, 4.69) is 155 Å². The lowest BCUT2D eigenvalue weighted by Crippen LogP contribution is -2.04. The molecule has 1 aliphatic carbocycles. The predicted octanol–water partition coefficient (Wildman–Crippen LogP) is 12.5. The molecule has 0 unspecified atom stereocenters. The minimum atomic E-state index is 0.727. The van der Waals surface area contributed by atoms with Crippen LogP contribution in [0.5, 0.6) is 0 Å². The van der Waals surface area contributed by atoms with Crippen LogP contribution in [0.1, 0.15) is 51.1 Å². The molecular formula is C49H52N4O. The zero-order valence-electron chi connectivity index (χ0n) is 32.2. The Hall–Kier alpha value is -6.17. The predicted molar refractivity (Wildman–Crippen MR) is 235 cm³/mol. The van der Waals surface area contributed by atoms with Gasteiger partial charge in [0.15, 0.2) is 0 Å². The molecule has 5 heteroatoms. The highest BCUT2D eigenvalue weighted by Crippen LogP contribution is 2.36. The molecular weight excluding hydrogens is 661 g/mol. The van der Waals surface area contributed by atoms with Crippen LogP contribution in [0.25, 0.3) is 55.8 Å². The number of rotatable bonds is 8. The zero-order chi connectivity index (χ0) is 38.3. The molecule has 0 aliphatic heterocycles. The van der Waals surface area contributed by atoms with Crippen molar-refractivity contribution in [1.29, 1.82) is 0 Å². The van der Waals surface area contributed by atoms with E-state index in [0.717, 1.165) is 43.4 Å². The summed E-state index contributed by atoms with van der Waals surface area (Å²) in [6, 6.07) is 32.4. The van der Waals surface area contributed by atoms with Crippen LogP contribution in [0.4, 0.5) is 0 Å². The third-order valence-electron chi connectivity index (χ3n) is 9.12. The number of hydrogen-bond donors (Lipinski definition) is 1. The molecule has 274 valence electrons. The van der Waals surface area contributed by atoms with Gasteiger partial charge < -0.3 is 18.6 Å². The lowest BCUT2D eigenvalue weighted by Gasteiger charge is -2.16. The third kappa shape index (κ3) is 8.38. The Labute approximate surface area is 320 Å². The molecule has 4 heterocycles. The minimum absolute atomic E-state index is 0.727. The van der Waals surface area contributed by atoms with Crippen molar-refractivity contribution in [2.75, 3.05) is 7.11 Å². The van der Waals surface area contributed by atoms with E-state index in [1.54, 1.807) is 6.08 Å². The van der Waals surface area contributed by atoms with Crippen LogP contribution in [0.15, 0.2) is 171 Å². The van der Waals surface area contributed by atoms with Crippen molar-refractivity contribution < 1.29 is 5.11 Å². The van der Waals surface area contributed by atoms with E-state index in [0.29, 0.717) is 0 Å². The number of fused-ring (bicyclic) bond motifs is 7. The summed E-state index contributed by atoms with van der Waals surface area (Å²) in [5, 5.41) is 10.8. The van der Waals surface area contributed by atoms with Crippen LogP contribution >= 0.6 is 0 Å². The number of allylic oxidation sites excluding steroid dienone is 12. The van der Waals surface area contributed by atoms with E-state index in [4.69, 9.17) is 10.1 Å². The maximum atomic E-state index is 7.00. The van der Waals surface area contributed by atoms with Gasteiger partial charge in [0.1, 0.15) is 5.65 Å². The Morgan fingerprint density at radius 3 is 2.04 bits per heavy atom. The van der Waals surface area contributed by atoms with E-state index in [-0.39, 0.29) is 0 Å². The van der Waals surface area contributed by atoms with Gasteiger partial charge in [-0.25, -0.2) is 4.98 Å². The number of aliphatic hydroxyl groups is 1. The van der Waals surface area contributed by atoms with Crippen LogP contribution in [-0.4, -0.2) is 30.7 Å². The van der Waals surface area contributed by atoms with Gasteiger partial charge in [-0.15, -0.1) is 0 Å². The van der Waals surface area contributed by atoms with Gasteiger partial charge in [0.25, 0.3) is 0 Å². The van der Waals surface area contributed by atoms with E-state index in [1.165, 1.54) is 49.7 Å². The van der Waals surface area contributed by atoms with Crippen LogP contribution in [0, 0.1) is 0 Å². The molecule has 0 radical (unpaired) electrons. The van der Waals surface area contributed by atoms with E-state index in [9.17, 15) is 0 Å². The molecule has 5 nitrogen and oxygen atoms in total. The highest BCUT2D eigenvalue weighted by atomic mass is 16.2. The maximum absolute atomic E-state index is 7.00. The number of aromatic nitrogens is 4. The Morgan fingerprint density at radius 2 is 1.41 bits per heavy atom. The number of pyridine rings is 1. The average Bonchev–Trinajstić information content (AvgIpc) is 3.83. The van der Waals surface area contributed by atoms with Gasteiger partial charge in [0.2, 0.25) is 0 Å². The van der Waals surface area contributed by atoms with E-state index >= 15 is 0 Å². The van der Waals surface area contributed by atoms with Gasteiger partial charge >= 0.3 is 0 Å². The minimum Gasteiger partial charge on any atom is -0.400 e. The van der Waals surface area contributed by atoms with Crippen LogP contribution in [0.2, 0.25) is 0 Å². The summed E-state index contributed by atoms with van der Waals surface area (Å²) < 4.78 is 7.03. The van der Waals surface area contributed by atoms with Gasteiger partial charge in [-0.3, -0.25) is 0 Å². The first-order chi connectivity index (χ1) is 26.7. The van der Waals surface area contributed by atoms with Gasteiger partial charge in [-0.2, -0.15) is 0 Å². The van der Waals surface area contributed by atoms with Crippen molar-refractivity contribution in [1.82, 2.24) is 18.5 Å². The second-order valence-corrected chi connectivity index (χ2v) is 12.2. The highest BCUT2D eigenvalue weighted by Gasteiger charge is 2.19. The Balaban J connectivity index is 0.000000455. The number of benzene rings is 3. The SMILES string of the molecule is C=C/C=C\C=C/C.CC.CC/C(=C\C(=C/Cc1cn2ccccc2n1)n1c2c(c3ccccc31)C=CC=CC2)n1c2ccccc2c2ccccc21.CO. The molecule has 0 fully saturated rings. The number of imidazole rings is 1. The summed E-state index contributed by atoms with van der Waals surface area (Å²) in [7, 11) is 1.00. The summed E-state index contributed by atoms with van der Waals surface area (Å²) in [4.78, 5) is 4.92. The van der Waals surface area contributed by atoms with Crippen molar-refractivity contribution in [3.63, 3.8) is 0 Å². The molecule has 0 atom stereocenters. The molecule has 7 aromatic rings. The summed E-state index contributed by atoms with van der Waals surface area (Å²) in [6.45, 7) is 11.8. The summed E-state index contributed by atoms with van der Waals surface area (Å²) in [5.41, 5.74) is 10.7. The molecule has 3 aromatic carbocycles. The van der Waals surface area contributed by atoms with Crippen LogP contribution in [-0.2, 0) is 12.8 Å². The van der Waals surface area contributed by atoms with Crippen molar-refractivity contribution in [2.24, 2.45) is 0 Å². The van der Waals surface area contributed by atoms with Crippen molar-refractivity contribution in [3.8, 4) is 0 Å². The fourth-order valence-corrected chi connectivity index (χ4v) is 6.90. The van der Waals surface area contributed by atoms with Gasteiger partial charge in [0, 0.05) is 71.2 Å². The van der Waals surface area contributed by atoms with Crippen molar-refractivity contribution in [2.45, 2.75) is 47.0 Å². The smallest absolute Gasteiger partial charge is 0.136 e. The van der Waals surface area contributed by atoms with Gasteiger partial charge in [0.05, 0.1) is 22.2 Å². The molecule has 8 rings (SSSR count). The molecule has 0 amide bonds. The lowest BCUT2D eigenvalue weighted by atomic mass is 10.1. The van der Waals surface area contributed by atoms with Crippen molar-refractivity contribution >= 4 is 55.8 Å². The van der Waals surface area contributed by atoms with Crippen LogP contribution < -0.4 is 0 Å². The van der Waals surface area contributed by atoms with E-state index in [1.807, 2.05) is 57.2 Å². The first-order valence-electron chi connectivity index (χ1n) is 18.8. The number of para-hydroxylation sites is 3. The number of nitrogens with zero attached hydrogens (tertiary/aromatic N) is 4. The molecule has 0 bridgehead atoms. The molecule has 4 aromatic heterocycles. The zero-order valence-corrected chi connectivity index (χ0v) is 32.2. The fourth-order valence-electron chi connectivity index (χ4n) is 6.90. The quantitative estimate of drug-likeness (QED) is 0.159. The third-order valence-corrected chi connectivity index (χ3v) is 9.12. The topological polar surface area (TPSA) is 47.4 Å². The molecule has 1 N–H and O–H groups in total. The molecule has 0 spiro atoms. The van der Waals surface area contributed by atoms with Gasteiger partial charge in [-0.1, -0.05) is 149 Å². The number of aliphatic hydroxyl groups excluding tert-OH is 1. The summed E-state index contributed by atoms with van der Waals surface area (Å²) >= 11 is 0. The first kappa shape index (κ1) is 39.0. The Morgan fingerprint density at radius 1 is 0.778 bits per heavy atom. The average molecular weight is 713 g/mol. The van der Waals surface area contributed by atoms with Crippen molar-refractivity contribution in [3.05, 3.63) is 188 Å². The second-order valence-electron chi connectivity index (χ2n) is 12.2. The normalized spacial score (nSPS) is 12.7. The number of hydrogen-bond acceptors (Lipinski definition) is 2. The molecule has 54 heavy (non-hydrogen) atoms. The molecule has 0 saturated heterocycles. The first-order valence-corrected chi connectivity index (χ1v) is 18.8. The standard InChI is InChI=1S/C39H32N4.C7H10.C2H6.CH4O/c1-2-29(42-35-19-9-6-15-32(35)33-16-7-10-20-36(33)42)26-30(24-23-28-27-41-25-13-12-22-39(41)40-28)43-37-18-5-3-4-14-31(37)34-17-8-11-21-38(34)43;1-3-5-7-6-4-2;2*1-2/h3-17,19-22,24-27H,2,18,23H2,1H3;3-7H,1H2,2H3;1-2H3;2H,1H3/b29-26+,30-24+;6-4-,7-5-;;. The highest BCUT2D eigenvalue weighted by molar-refractivity contribution is 6.10. The van der Waals surface area contributed by atoms with Gasteiger partial charge in [-0.05, 0) is 49.8 Å². The summed E-state index contributed by atoms with van der Waals surface area (Å²) in [6.07, 6.45) is 29.8. The largest absolute Gasteiger partial charge is 0.400 e. The molecule has 1 aliphatic rings. The lowest BCUT2D eigenvalue weighted by molar-refractivity contribution is 0.399. The Bertz CT molecular complexity index is 2420. The maximum Gasteiger partial charge on any atom is 0.136 e. The molecule has 0 saturated carbocycles. The van der Waals surface area contributed by atoms with Crippen LogP contribution in [0.3, 0.4) is 0 Å². The summed E-state index contributed by atoms with van der Waals surface area (Å²) in [5.74, 6) is 0.